The minimum Gasteiger partial charge on any atom is -0.495 e. The number of carbonyl (C=O) groups excluding carboxylic acids is 1. The number of methoxy groups -OCH3 is 1. The van der Waals surface area contributed by atoms with Crippen LogP contribution in [0.25, 0.3) is 0 Å². The lowest BCUT2D eigenvalue weighted by atomic mass is 9.90. The molecule has 1 aromatic rings. The average molecular weight is 294 g/mol. The molecule has 0 aromatic heterocycles. The third-order valence-corrected chi connectivity index (χ3v) is 3.46. The van der Waals surface area contributed by atoms with E-state index in [9.17, 15) is 14.7 Å². The van der Waals surface area contributed by atoms with Crippen molar-refractivity contribution in [1.82, 2.24) is 5.32 Å². The Bertz CT molecular complexity index is 526. The molecule has 7 heteroatoms. The number of hydrogen-bond donors (Lipinski definition) is 3. The van der Waals surface area contributed by atoms with Crippen LogP contribution in [-0.4, -0.2) is 43.0 Å². The van der Waals surface area contributed by atoms with Gasteiger partial charge in [0.15, 0.2) is 0 Å². The second-order valence-corrected chi connectivity index (χ2v) is 4.78. The Kier molecular flexibility index (Phi) is 4.64. The smallest absolute Gasteiger partial charge is 0.329 e. The van der Waals surface area contributed by atoms with Gasteiger partial charge in [-0.3, -0.25) is 0 Å². The third kappa shape index (κ3) is 3.43. The maximum atomic E-state index is 12.1. The minimum atomic E-state index is -1.29. The van der Waals surface area contributed by atoms with Gasteiger partial charge in [-0.15, -0.1) is 0 Å². The number of carboxylic acid groups (broad SMARTS) is 1. The van der Waals surface area contributed by atoms with Crippen LogP contribution < -0.4 is 15.4 Å². The summed E-state index contributed by atoms with van der Waals surface area (Å²) in [6, 6.07) is 6.33. The van der Waals surface area contributed by atoms with Crippen molar-refractivity contribution in [2.24, 2.45) is 0 Å². The number of aliphatic carboxylic acids is 1. The number of ether oxygens (including phenoxy) is 2. The number of carbonyl (C=O) groups is 2. The topological polar surface area (TPSA) is 96.9 Å². The molecule has 0 atom stereocenters. The minimum absolute atomic E-state index is 0.238. The maximum absolute atomic E-state index is 12.1. The van der Waals surface area contributed by atoms with Crippen LogP contribution in [0.2, 0.25) is 0 Å². The number of rotatable bonds is 4. The Labute approximate surface area is 122 Å². The fraction of sp³-hybridized carbons (Fsp3) is 0.429. The summed E-state index contributed by atoms with van der Waals surface area (Å²) in [5, 5.41) is 14.5. The highest BCUT2D eigenvalue weighted by Crippen LogP contribution is 2.24. The lowest BCUT2D eigenvalue weighted by molar-refractivity contribution is -0.148. The van der Waals surface area contributed by atoms with Crippen molar-refractivity contribution >= 4 is 17.7 Å². The fourth-order valence-electron chi connectivity index (χ4n) is 2.23. The number of urea groups is 1. The molecule has 1 aliphatic heterocycles. The standard InChI is InChI=1S/C14H18N2O5/c1-20-11-5-3-2-4-10(11)15-13(19)16-14(12(17)18)6-8-21-9-7-14/h2-5H,6-9H2,1H3,(H,17,18)(H2,15,16,19). The molecule has 0 radical (unpaired) electrons. The summed E-state index contributed by atoms with van der Waals surface area (Å²) in [5.74, 6) is -0.551. The highest BCUT2D eigenvalue weighted by atomic mass is 16.5. The third-order valence-electron chi connectivity index (χ3n) is 3.46. The molecule has 1 aliphatic rings. The number of amides is 2. The first kappa shape index (κ1) is 15.1. The van der Waals surface area contributed by atoms with Gasteiger partial charge in [-0.1, -0.05) is 12.1 Å². The molecule has 21 heavy (non-hydrogen) atoms. The van der Waals surface area contributed by atoms with Crippen LogP contribution in [0.4, 0.5) is 10.5 Å². The van der Waals surface area contributed by atoms with Crippen molar-refractivity contribution in [3.63, 3.8) is 0 Å². The summed E-state index contributed by atoms with van der Waals surface area (Å²) in [7, 11) is 1.50. The number of nitrogens with one attached hydrogen (secondary N) is 2. The van der Waals surface area contributed by atoms with Crippen LogP contribution in [0, 0.1) is 0 Å². The lowest BCUT2D eigenvalue weighted by Crippen LogP contribution is -2.58. The van der Waals surface area contributed by atoms with E-state index in [1.54, 1.807) is 24.3 Å². The summed E-state index contributed by atoms with van der Waals surface area (Å²) in [6.07, 6.45) is 0.476. The van der Waals surface area contributed by atoms with E-state index in [4.69, 9.17) is 9.47 Å². The van der Waals surface area contributed by atoms with E-state index < -0.39 is 17.5 Å². The first-order valence-electron chi connectivity index (χ1n) is 6.61. The molecule has 7 nitrogen and oxygen atoms in total. The normalized spacial score (nSPS) is 16.8. The van der Waals surface area contributed by atoms with Gasteiger partial charge in [0.25, 0.3) is 0 Å². The molecule has 2 amide bonds. The maximum Gasteiger partial charge on any atom is 0.329 e. The Morgan fingerprint density at radius 1 is 1.29 bits per heavy atom. The van der Waals surface area contributed by atoms with Gasteiger partial charge in [0, 0.05) is 26.1 Å². The molecule has 0 bridgehead atoms. The number of para-hydroxylation sites is 2. The zero-order chi connectivity index (χ0) is 15.3. The molecule has 0 unspecified atom stereocenters. The van der Waals surface area contributed by atoms with E-state index in [-0.39, 0.29) is 12.8 Å². The van der Waals surface area contributed by atoms with Crippen LogP contribution in [0.3, 0.4) is 0 Å². The second kappa shape index (κ2) is 6.45. The van der Waals surface area contributed by atoms with Gasteiger partial charge in [0.2, 0.25) is 0 Å². The number of benzene rings is 1. The van der Waals surface area contributed by atoms with Crippen molar-refractivity contribution in [2.75, 3.05) is 25.6 Å². The molecule has 1 aromatic carbocycles. The molecule has 2 rings (SSSR count). The zero-order valence-corrected chi connectivity index (χ0v) is 11.7. The monoisotopic (exact) mass is 294 g/mol. The molecule has 0 saturated carbocycles. The summed E-state index contributed by atoms with van der Waals surface area (Å²) in [6.45, 7) is 0.614. The van der Waals surface area contributed by atoms with E-state index in [2.05, 4.69) is 10.6 Å². The van der Waals surface area contributed by atoms with Crippen molar-refractivity contribution in [1.29, 1.82) is 0 Å². The largest absolute Gasteiger partial charge is 0.495 e. The van der Waals surface area contributed by atoms with Gasteiger partial charge in [-0.05, 0) is 12.1 Å². The highest BCUT2D eigenvalue weighted by Gasteiger charge is 2.41. The van der Waals surface area contributed by atoms with E-state index in [1.165, 1.54) is 7.11 Å². The Morgan fingerprint density at radius 2 is 1.95 bits per heavy atom. The summed E-state index contributed by atoms with van der Waals surface area (Å²) in [5.41, 5.74) is -0.810. The van der Waals surface area contributed by atoms with Crippen LogP contribution in [0.1, 0.15) is 12.8 Å². The first-order valence-corrected chi connectivity index (χ1v) is 6.61. The molecule has 114 valence electrons. The van der Waals surface area contributed by atoms with Crippen molar-refractivity contribution < 1.29 is 24.2 Å². The van der Waals surface area contributed by atoms with Gasteiger partial charge < -0.3 is 25.2 Å². The molecule has 1 saturated heterocycles. The number of anilines is 1. The molecule has 1 fully saturated rings. The molecular weight excluding hydrogens is 276 g/mol. The van der Waals surface area contributed by atoms with Crippen molar-refractivity contribution in [3.8, 4) is 5.75 Å². The molecular formula is C14H18N2O5. The van der Waals surface area contributed by atoms with Crippen molar-refractivity contribution in [3.05, 3.63) is 24.3 Å². The molecule has 0 aliphatic carbocycles. The second-order valence-electron chi connectivity index (χ2n) is 4.78. The van der Waals surface area contributed by atoms with Crippen LogP contribution in [0.5, 0.6) is 5.75 Å². The Hall–Kier alpha value is -2.28. The van der Waals surface area contributed by atoms with E-state index >= 15 is 0 Å². The average Bonchev–Trinajstić information content (AvgIpc) is 2.48. The van der Waals surface area contributed by atoms with Gasteiger partial charge >= 0.3 is 12.0 Å². The van der Waals surface area contributed by atoms with Crippen LogP contribution in [-0.2, 0) is 9.53 Å². The number of hydrogen-bond acceptors (Lipinski definition) is 4. The lowest BCUT2D eigenvalue weighted by Gasteiger charge is -2.33. The van der Waals surface area contributed by atoms with Gasteiger partial charge in [0.05, 0.1) is 12.8 Å². The van der Waals surface area contributed by atoms with Crippen LogP contribution >= 0.6 is 0 Å². The predicted octanol–water partition coefficient (Wildman–Crippen LogP) is 1.45. The molecule has 1 heterocycles. The Morgan fingerprint density at radius 3 is 2.57 bits per heavy atom. The molecule has 3 N–H and O–H groups in total. The fourth-order valence-corrected chi connectivity index (χ4v) is 2.23. The first-order chi connectivity index (χ1) is 10.1. The van der Waals surface area contributed by atoms with Gasteiger partial charge in [0.1, 0.15) is 11.3 Å². The quantitative estimate of drug-likeness (QED) is 0.781. The summed E-state index contributed by atoms with van der Waals surface area (Å²) in [4.78, 5) is 23.5. The van der Waals surface area contributed by atoms with E-state index in [0.717, 1.165) is 0 Å². The molecule has 0 spiro atoms. The number of carboxylic acids is 1. The van der Waals surface area contributed by atoms with Crippen LogP contribution in [0.15, 0.2) is 24.3 Å². The summed E-state index contributed by atoms with van der Waals surface area (Å²) < 4.78 is 10.3. The summed E-state index contributed by atoms with van der Waals surface area (Å²) >= 11 is 0. The SMILES string of the molecule is COc1ccccc1NC(=O)NC1(C(=O)O)CCOCC1. The highest BCUT2D eigenvalue weighted by molar-refractivity contribution is 5.95. The van der Waals surface area contributed by atoms with E-state index in [0.29, 0.717) is 24.7 Å². The van der Waals surface area contributed by atoms with Gasteiger partial charge in [-0.25, -0.2) is 9.59 Å². The van der Waals surface area contributed by atoms with Gasteiger partial charge in [-0.2, -0.15) is 0 Å². The van der Waals surface area contributed by atoms with Crippen molar-refractivity contribution in [2.45, 2.75) is 18.4 Å². The predicted molar refractivity (Wildman–Crippen MR) is 75.6 cm³/mol. The Balaban J connectivity index is 2.07. The van der Waals surface area contributed by atoms with E-state index in [1.807, 2.05) is 0 Å². The zero-order valence-electron chi connectivity index (χ0n) is 11.7.